The monoisotopic (exact) mass is 399 g/mol. The van der Waals surface area contributed by atoms with Crippen molar-refractivity contribution < 1.29 is 14.3 Å². The van der Waals surface area contributed by atoms with Gasteiger partial charge in [0.2, 0.25) is 11.7 Å². The minimum Gasteiger partial charge on any atom is -0.493 e. The summed E-state index contributed by atoms with van der Waals surface area (Å²) in [5.74, 6) is 1.35. The Morgan fingerprint density at radius 1 is 1.11 bits per heavy atom. The van der Waals surface area contributed by atoms with Crippen LogP contribution < -0.4 is 14.8 Å². The molecule has 2 aromatic carbocycles. The number of benzene rings is 2. The number of thiol groups is 1. The molecule has 146 valence electrons. The highest BCUT2D eigenvalue weighted by atomic mass is 32.1. The number of carbonyl (C=O) groups excluding carboxylic acids is 1. The summed E-state index contributed by atoms with van der Waals surface area (Å²) < 4.78 is 10.5. The third-order valence-electron chi connectivity index (χ3n) is 3.61. The molecule has 1 aromatic heterocycles. The zero-order valence-electron chi connectivity index (χ0n) is 15.7. The van der Waals surface area contributed by atoms with E-state index in [0.717, 1.165) is 5.56 Å². The highest BCUT2D eigenvalue weighted by Crippen LogP contribution is 2.28. The van der Waals surface area contributed by atoms with E-state index in [1.165, 1.54) is 6.08 Å². The van der Waals surface area contributed by atoms with Crippen LogP contribution in [0.1, 0.15) is 5.56 Å². The van der Waals surface area contributed by atoms with Crippen molar-refractivity contribution in [3.63, 3.8) is 0 Å². The van der Waals surface area contributed by atoms with Gasteiger partial charge >= 0.3 is 0 Å². The molecule has 0 aliphatic heterocycles. The van der Waals surface area contributed by atoms with Crippen molar-refractivity contribution in [3.05, 3.63) is 54.1 Å². The molecule has 0 atom stereocenters. The number of tetrazole rings is 1. The summed E-state index contributed by atoms with van der Waals surface area (Å²) in [6.07, 6.45) is 4.82. The first-order valence-electron chi connectivity index (χ1n) is 8.20. The second-order valence-electron chi connectivity index (χ2n) is 5.22. The van der Waals surface area contributed by atoms with Gasteiger partial charge in [-0.3, -0.25) is 4.79 Å². The van der Waals surface area contributed by atoms with Crippen molar-refractivity contribution in [2.45, 2.75) is 0 Å². The average molecular weight is 399 g/mol. The molecule has 0 unspecified atom stereocenters. The van der Waals surface area contributed by atoms with Crippen molar-refractivity contribution in [1.82, 2.24) is 20.6 Å². The maximum atomic E-state index is 12.3. The maximum absolute atomic E-state index is 12.3. The Bertz CT molecular complexity index is 929. The maximum Gasteiger partial charge on any atom is 0.248 e. The smallest absolute Gasteiger partial charge is 0.248 e. The number of rotatable bonds is 6. The largest absolute Gasteiger partial charge is 0.493 e. The van der Waals surface area contributed by atoms with E-state index in [4.69, 9.17) is 9.47 Å². The second-order valence-corrected chi connectivity index (χ2v) is 5.22. The zero-order chi connectivity index (χ0) is 20.4. The molecule has 8 nitrogen and oxygen atoms in total. The molecule has 0 saturated heterocycles. The standard InChI is InChI=1S/C18H17N5O3.CH4S/c1-25-15-9-7-12(11-16(15)26-2)8-10-17(24)19-14-6-4-3-5-13(14)18-20-22-23-21-18;1-2/h3-11H,1-2H3,(H,19,24)(H,20,21,22,23);2H,1H3/b10-8+;. The molecule has 3 aromatic rings. The van der Waals surface area contributed by atoms with Gasteiger partial charge in [0.15, 0.2) is 11.5 Å². The molecule has 0 aliphatic carbocycles. The number of hydrogen-bond donors (Lipinski definition) is 3. The fourth-order valence-corrected chi connectivity index (χ4v) is 2.37. The van der Waals surface area contributed by atoms with Gasteiger partial charge in [0.1, 0.15) is 0 Å². The highest BCUT2D eigenvalue weighted by Gasteiger charge is 2.10. The van der Waals surface area contributed by atoms with E-state index in [-0.39, 0.29) is 5.91 Å². The Hall–Kier alpha value is -3.33. The molecule has 3 rings (SSSR count). The van der Waals surface area contributed by atoms with Gasteiger partial charge in [-0.1, -0.05) is 18.2 Å². The first-order valence-corrected chi connectivity index (χ1v) is 9.09. The molecular weight excluding hydrogens is 378 g/mol. The number of para-hydroxylation sites is 1. The number of amides is 1. The molecule has 0 fully saturated rings. The molecule has 0 saturated carbocycles. The zero-order valence-corrected chi connectivity index (χ0v) is 16.6. The topological polar surface area (TPSA) is 102 Å². The first-order chi connectivity index (χ1) is 13.7. The van der Waals surface area contributed by atoms with E-state index in [1.54, 1.807) is 50.8 Å². The van der Waals surface area contributed by atoms with Crippen molar-refractivity contribution >= 4 is 30.3 Å². The van der Waals surface area contributed by atoms with Gasteiger partial charge in [0.25, 0.3) is 0 Å². The number of H-pyrrole nitrogens is 1. The molecule has 0 spiro atoms. The Morgan fingerprint density at radius 3 is 2.54 bits per heavy atom. The molecule has 1 amide bonds. The van der Waals surface area contributed by atoms with Crippen LogP contribution in [0.2, 0.25) is 0 Å². The number of nitrogens with one attached hydrogen (secondary N) is 2. The Morgan fingerprint density at radius 2 is 1.86 bits per heavy atom. The lowest BCUT2D eigenvalue weighted by Gasteiger charge is -2.08. The van der Waals surface area contributed by atoms with Crippen LogP contribution in [0.4, 0.5) is 5.69 Å². The summed E-state index contributed by atoms with van der Waals surface area (Å²) in [6, 6.07) is 12.6. The number of aromatic amines is 1. The molecule has 28 heavy (non-hydrogen) atoms. The molecule has 9 heteroatoms. The van der Waals surface area contributed by atoms with Crippen LogP contribution in [-0.2, 0) is 4.79 Å². The summed E-state index contributed by atoms with van der Waals surface area (Å²) in [4.78, 5) is 12.3. The normalized spacial score (nSPS) is 10.1. The van der Waals surface area contributed by atoms with E-state index < -0.39 is 0 Å². The molecule has 0 aliphatic rings. The highest BCUT2D eigenvalue weighted by molar-refractivity contribution is 7.79. The quantitative estimate of drug-likeness (QED) is 0.435. The third kappa shape index (κ3) is 5.34. The van der Waals surface area contributed by atoms with Crippen molar-refractivity contribution in [2.24, 2.45) is 0 Å². The number of nitrogens with zero attached hydrogens (tertiary/aromatic N) is 3. The molecule has 0 radical (unpaired) electrons. The third-order valence-corrected chi connectivity index (χ3v) is 3.61. The van der Waals surface area contributed by atoms with Crippen molar-refractivity contribution in [3.8, 4) is 22.9 Å². The van der Waals surface area contributed by atoms with Crippen LogP contribution >= 0.6 is 12.6 Å². The number of anilines is 1. The summed E-state index contributed by atoms with van der Waals surface area (Å²) >= 11 is 3.53. The molecular formula is C19H21N5O3S. The molecule has 1 heterocycles. The fraction of sp³-hybridized carbons (Fsp3) is 0.158. The average Bonchev–Trinajstić information content (AvgIpc) is 3.28. The van der Waals surface area contributed by atoms with Gasteiger partial charge < -0.3 is 14.8 Å². The van der Waals surface area contributed by atoms with Gasteiger partial charge in [0.05, 0.1) is 19.9 Å². The van der Waals surface area contributed by atoms with Gasteiger partial charge in [0, 0.05) is 11.6 Å². The van der Waals surface area contributed by atoms with E-state index in [9.17, 15) is 4.79 Å². The van der Waals surface area contributed by atoms with Gasteiger partial charge in [-0.25, -0.2) is 0 Å². The summed E-state index contributed by atoms with van der Waals surface area (Å²) in [7, 11) is 3.13. The first kappa shape index (κ1) is 21.0. The molecule has 0 bridgehead atoms. The van der Waals surface area contributed by atoms with E-state index in [2.05, 4.69) is 38.6 Å². The second kappa shape index (κ2) is 10.7. The lowest BCUT2D eigenvalue weighted by molar-refractivity contribution is -0.111. The van der Waals surface area contributed by atoms with E-state index in [0.29, 0.717) is 28.6 Å². The number of aromatic nitrogens is 4. The Kier molecular flexibility index (Phi) is 8.04. The van der Waals surface area contributed by atoms with Crippen molar-refractivity contribution in [2.75, 3.05) is 25.8 Å². The van der Waals surface area contributed by atoms with E-state index in [1.807, 2.05) is 18.2 Å². The van der Waals surface area contributed by atoms with Crippen LogP contribution in [0.5, 0.6) is 11.5 Å². The number of carbonyl (C=O) groups is 1. The van der Waals surface area contributed by atoms with Gasteiger partial charge in [-0.15, -0.1) is 10.2 Å². The Labute approximate surface area is 168 Å². The predicted molar refractivity (Wildman–Crippen MR) is 112 cm³/mol. The van der Waals surface area contributed by atoms with Gasteiger partial charge in [-0.2, -0.15) is 17.8 Å². The SMILES string of the molecule is COc1ccc(/C=C/C(=O)Nc2ccccc2-c2nn[nH]n2)cc1OC.CS. The number of hydrogen-bond acceptors (Lipinski definition) is 7. The lowest BCUT2D eigenvalue weighted by atomic mass is 10.1. The van der Waals surface area contributed by atoms with E-state index >= 15 is 0 Å². The van der Waals surface area contributed by atoms with Crippen LogP contribution in [0.15, 0.2) is 48.5 Å². The van der Waals surface area contributed by atoms with Crippen LogP contribution in [0, 0.1) is 0 Å². The lowest BCUT2D eigenvalue weighted by Crippen LogP contribution is -2.09. The summed E-state index contributed by atoms with van der Waals surface area (Å²) in [6.45, 7) is 0. The minimum atomic E-state index is -0.282. The van der Waals surface area contributed by atoms with Crippen LogP contribution in [0.3, 0.4) is 0 Å². The fourth-order valence-electron chi connectivity index (χ4n) is 2.37. The van der Waals surface area contributed by atoms with Crippen molar-refractivity contribution in [1.29, 1.82) is 0 Å². The summed E-state index contributed by atoms with van der Waals surface area (Å²) in [5.41, 5.74) is 2.08. The Balaban J connectivity index is 0.00000136. The van der Waals surface area contributed by atoms with Gasteiger partial charge in [-0.05, 0) is 47.4 Å². The number of methoxy groups -OCH3 is 2. The number of ether oxygens (including phenoxy) is 2. The predicted octanol–water partition coefficient (Wildman–Crippen LogP) is 3.08. The van der Waals surface area contributed by atoms with Crippen LogP contribution in [0.25, 0.3) is 17.5 Å². The minimum absolute atomic E-state index is 0.282. The summed E-state index contributed by atoms with van der Waals surface area (Å²) in [5, 5.41) is 16.6. The molecule has 2 N–H and O–H groups in total. The van der Waals surface area contributed by atoms with Crippen LogP contribution in [-0.4, -0.2) is 47.0 Å².